The van der Waals surface area contributed by atoms with Crippen LogP contribution in [0.3, 0.4) is 0 Å². The van der Waals surface area contributed by atoms with Gasteiger partial charge in [-0.05, 0) is 24.1 Å². The number of rotatable bonds is 4. The molecule has 0 unspecified atom stereocenters. The molecule has 0 saturated heterocycles. The van der Waals surface area contributed by atoms with Crippen molar-refractivity contribution in [3.05, 3.63) is 23.3 Å². The minimum Gasteiger partial charge on any atom is -0.508 e. The molecule has 4 heteroatoms. The SMILES string of the molecule is COc1cc(O)c(C)cc1CCOC(C)=O. The molecule has 0 spiro atoms. The number of hydrogen-bond acceptors (Lipinski definition) is 4. The summed E-state index contributed by atoms with van der Waals surface area (Å²) >= 11 is 0. The summed E-state index contributed by atoms with van der Waals surface area (Å²) in [4.78, 5) is 10.6. The lowest BCUT2D eigenvalue weighted by Crippen LogP contribution is -2.04. The summed E-state index contributed by atoms with van der Waals surface area (Å²) in [5.74, 6) is 0.512. The lowest BCUT2D eigenvalue weighted by atomic mass is 10.1. The van der Waals surface area contributed by atoms with E-state index in [0.717, 1.165) is 11.1 Å². The number of esters is 1. The zero-order valence-corrected chi connectivity index (χ0v) is 9.74. The van der Waals surface area contributed by atoms with Gasteiger partial charge in [0.15, 0.2) is 0 Å². The molecule has 0 amide bonds. The number of aromatic hydroxyl groups is 1. The summed E-state index contributed by atoms with van der Waals surface area (Å²) in [5, 5.41) is 9.50. The molecule has 0 bridgehead atoms. The standard InChI is InChI=1S/C12H16O4/c1-8-6-10(4-5-16-9(2)13)12(15-3)7-11(8)14/h6-7,14H,4-5H2,1-3H3. The Labute approximate surface area is 94.8 Å². The fraction of sp³-hybridized carbons (Fsp3) is 0.417. The third-order valence-corrected chi connectivity index (χ3v) is 2.28. The van der Waals surface area contributed by atoms with Crippen molar-refractivity contribution in [3.63, 3.8) is 0 Å². The largest absolute Gasteiger partial charge is 0.508 e. The molecular weight excluding hydrogens is 208 g/mol. The lowest BCUT2D eigenvalue weighted by Gasteiger charge is -2.10. The average molecular weight is 224 g/mol. The van der Waals surface area contributed by atoms with Crippen LogP contribution in [-0.2, 0) is 16.0 Å². The van der Waals surface area contributed by atoms with Gasteiger partial charge in [-0.15, -0.1) is 0 Å². The van der Waals surface area contributed by atoms with E-state index in [1.165, 1.54) is 6.92 Å². The van der Waals surface area contributed by atoms with E-state index in [1.807, 2.05) is 13.0 Å². The fourth-order valence-electron chi connectivity index (χ4n) is 1.43. The van der Waals surface area contributed by atoms with Gasteiger partial charge in [-0.25, -0.2) is 0 Å². The van der Waals surface area contributed by atoms with Crippen molar-refractivity contribution in [3.8, 4) is 11.5 Å². The maximum Gasteiger partial charge on any atom is 0.302 e. The number of carbonyl (C=O) groups is 1. The Kier molecular flexibility index (Phi) is 4.17. The molecule has 0 aliphatic rings. The number of methoxy groups -OCH3 is 1. The first-order chi connectivity index (χ1) is 7.54. The average Bonchev–Trinajstić information content (AvgIpc) is 2.22. The van der Waals surface area contributed by atoms with E-state index < -0.39 is 0 Å². The van der Waals surface area contributed by atoms with Gasteiger partial charge in [0.1, 0.15) is 11.5 Å². The molecule has 0 radical (unpaired) electrons. The zero-order chi connectivity index (χ0) is 12.1. The Balaban J connectivity index is 2.77. The summed E-state index contributed by atoms with van der Waals surface area (Å²) in [6, 6.07) is 3.40. The summed E-state index contributed by atoms with van der Waals surface area (Å²) < 4.78 is 10.00. The minimum absolute atomic E-state index is 0.202. The Bertz CT molecular complexity index is 385. The number of phenolic OH excluding ortho intramolecular Hbond substituents is 1. The van der Waals surface area contributed by atoms with Crippen LogP contribution in [0.1, 0.15) is 18.1 Å². The molecule has 16 heavy (non-hydrogen) atoms. The van der Waals surface area contributed by atoms with Gasteiger partial charge < -0.3 is 14.6 Å². The number of aryl methyl sites for hydroxylation is 1. The van der Waals surface area contributed by atoms with Crippen molar-refractivity contribution in [1.82, 2.24) is 0 Å². The van der Waals surface area contributed by atoms with Crippen LogP contribution < -0.4 is 4.74 Å². The van der Waals surface area contributed by atoms with Gasteiger partial charge in [-0.2, -0.15) is 0 Å². The highest BCUT2D eigenvalue weighted by molar-refractivity contribution is 5.65. The Morgan fingerprint density at radius 1 is 1.44 bits per heavy atom. The minimum atomic E-state index is -0.297. The van der Waals surface area contributed by atoms with E-state index in [0.29, 0.717) is 18.8 Å². The van der Waals surface area contributed by atoms with Gasteiger partial charge in [-0.1, -0.05) is 0 Å². The van der Waals surface area contributed by atoms with Gasteiger partial charge in [0.25, 0.3) is 0 Å². The highest BCUT2D eigenvalue weighted by Crippen LogP contribution is 2.27. The van der Waals surface area contributed by atoms with Gasteiger partial charge in [0.2, 0.25) is 0 Å². The molecule has 4 nitrogen and oxygen atoms in total. The van der Waals surface area contributed by atoms with E-state index in [4.69, 9.17) is 9.47 Å². The predicted molar refractivity (Wildman–Crippen MR) is 59.7 cm³/mol. The molecule has 1 aromatic carbocycles. The van der Waals surface area contributed by atoms with E-state index in [-0.39, 0.29) is 11.7 Å². The molecular formula is C12H16O4. The topological polar surface area (TPSA) is 55.8 Å². The van der Waals surface area contributed by atoms with E-state index >= 15 is 0 Å². The third kappa shape index (κ3) is 3.15. The van der Waals surface area contributed by atoms with Crippen LogP contribution in [-0.4, -0.2) is 24.8 Å². The normalized spacial score (nSPS) is 9.94. The van der Waals surface area contributed by atoms with Gasteiger partial charge in [0, 0.05) is 19.4 Å². The molecule has 0 aliphatic heterocycles. The lowest BCUT2D eigenvalue weighted by molar-refractivity contribution is -0.140. The van der Waals surface area contributed by atoms with Crippen molar-refractivity contribution < 1.29 is 19.4 Å². The second-order valence-electron chi connectivity index (χ2n) is 3.54. The maximum atomic E-state index is 10.6. The van der Waals surface area contributed by atoms with Crippen molar-refractivity contribution >= 4 is 5.97 Å². The van der Waals surface area contributed by atoms with Crippen molar-refractivity contribution in [1.29, 1.82) is 0 Å². The van der Waals surface area contributed by atoms with Crippen molar-refractivity contribution in [2.75, 3.05) is 13.7 Å². The summed E-state index contributed by atoms with van der Waals surface area (Å²) in [7, 11) is 1.54. The van der Waals surface area contributed by atoms with E-state index in [9.17, 15) is 9.90 Å². The molecule has 88 valence electrons. The van der Waals surface area contributed by atoms with Crippen LogP contribution in [0.5, 0.6) is 11.5 Å². The summed E-state index contributed by atoms with van der Waals surface area (Å²) in [5.41, 5.74) is 1.69. The van der Waals surface area contributed by atoms with Gasteiger partial charge in [0.05, 0.1) is 13.7 Å². The van der Waals surface area contributed by atoms with Crippen molar-refractivity contribution in [2.45, 2.75) is 20.3 Å². The number of phenols is 1. The summed E-state index contributed by atoms with van der Waals surface area (Å²) in [6.45, 7) is 3.50. The van der Waals surface area contributed by atoms with Gasteiger partial charge >= 0.3 is 5.97 Å². The molecule has 0 fully saturated rings. The number of hydrogen-bond donors (Lipinski definition) is 1. The molecule has 0 aliphatic carbocycles. The Hall–Kier alpha value is -1.71. The second kappa shape index (κ2) is 5.39. The number of ether oxygens (including phenoxy) is 2. The van der Waals surface area contributed by atoms with Crippen LogP contribution in [0.15, 0.2) is 12.1 Å². The van der Waals surface area contributed by atoms with Gasteiger partial charge in [-0.3, -0.25) is 4.79 Å². The first-order valence-electron chi connectivity index (χ1n) is 5.04. The van der Waals surface area contributed by atoms with Crippen LogP contribution in [0.2, 0.25) is 0 Å². The molecule has 1 aromatic rings. The van der Waals surface area contributed by atoms with Crippen LogP contribution in [0.25, 0.3) is 0 Å². The first-order valence-corrected chi connectivity index (χ1v) is 5.04. The smallest absolute Gasteiger partial charge is 0.302 e. The molecule has 1 N–H and O–H groups in total. The number of benzene rings is 1. The number of carbonyl (C=O) groups excluding carboxylic acids is 1. The molecule has 0 heterocycles. The molecule has 0 aromatic heterocycles. The predicted octanol–water partition coefficient (Wildman–Crippen LogP) is 1.81. The van der Waals surface area contributed by atoms with E-state index in [2.05, 4.69) is 0 Å². The highest BCUT2D eigenvalue weighted by Gasteiger charge is 2.07. The Morgan fingerprint density at radius 3 is 2.69 bits per heavy atom. The van der Waals surface area contributed by atoms with Crippen LogP contribution >= 0.6 is 0 Å². The third-order valence-electron chi connectivity index (χ3n) is 2.28. The summed E-state index contributed by atoms with van der Waals surface area (Å²) in [6.07, 6.45) is 0.573. The quantitative estimate of drug-likeness (QED) is 0.792. The maximum absolute atomic E-state index is 10.6. The first kappa shape index (κ1) is 12.4. The zero-order valence-electron chi connectivity index (χ0n) is 9.74. The Morgan fingerprint density at radius 2 is 2.12 bits per heavy atom. The van der Waals surface area contributed by atoms with Crippen LogP contribution in [0, 0.1) is 6.92 Å². The highest BCUT2D eigenvalue weighted by atomic mass is 16.5. The molecule has 1 rings (SSSR count). The monoisotopic (exact) mass is 224 g/mol. The molecule has 0 saturated carbocycles. The van der Waals surface area contributed by atoms with Crippen LogP contribution in [0.4, 0.5) is 0 Å². The van der Waals surface area contributed by atoms with Crippen molar-refractivity contribution in [2.24, 2.45) is 0 Å². The second-order valence-corrected chi connectivity index (χ2v) is 3.54. The molecule has 0 atom stereocenters. The fourth-order valence-corrected chi connectivity index (χ4v) is 1.43. The van der Waals surface area contributed by atoms with E-state index in [1.54, 1.807) is 13.2 Å².